The van der Waals surface area contributed by atoms with Gasteiger partial charge in [-0.25, -0.2) is 8.78 Å². The average molecular weight is 294 g/mol. The molecule has 0 saturated heterocycles. The van der Waals surface area contributed by atoms with Crippen LogP contribution in [-0.2, 0) is 0 Å². The number of nitro benzene ring substituents is 1. The van der Waals surface area contributed by atoms with E-state index in [1.807, 2.05) is 0 Å². The summed E-state index contributed by atoms with van der Waals surface area (Å²) in [5.41, 5.74) is -1.36. The van der Waals surface area contributed by atoms with E-state index in [1.165, 1.54) is 6.07 Å². The molecule has 2 aromatic rings. The smallest absolute Gasteiger partial charge is 0.311 e. The predicted octanol–water partition coefficient (Wildman–Crippen LogP) is 2.83. The molecule has 0 aliphatic heterocycles. The monoisotopic (exact) mass is 294 g/mol. The molecule has 2 N–H and O–H groups in total. The largest absolute Gasteiger partial charge is 0.502 e. The van der Waals surface area contributed by atoms with Crippen LogP contribution in [0.3, 0.4) is 0 Å². The van der Waals surface area contributed by atoms with Gasteiger partial charge in [-0.15, -0.1) is 0 Å². The first kappa shape index (κ1) is 14.4. The number of nitrogens with one attached hydrogen (secondary N) is 1. The van der Waals surface area contributed by atoms with Gasteiger partial charge in [-0.3, -0.25) is 14.9 Å². The Bertz CT molecular complexity index is 734. The Hall–Kier alpha value is -3.03. The Morgan fingerprint density at radius 1 is 1.24 bits per heavy atom. The fraction of sp³-hybridized carbons (Fsp3) is 0. The highest BCUT2D eigenvalue weighted by Gasteiger charge is 2.21. The number of phenols is 1. The van der Waals surface area contributed by atoms with Crippen LogP contribution in [0, 0.1) is 21.7 Å². The number of nitro groups is 1. The van der Waals surface area contributed by atoms with Gasteiger partial charge in [0.25, 0.3) is 5.91 Å². The van der Waals surface area contributed by atoms with E-state index in [0.29, 0.717) is 6.07 Å². The lowest BCUT2D eigenvalue weighted by molar-refractivity contribution is -0.385. The van der Waals surface area contributed by atoms with Crippen LogP contribution in [0.5, 0.6) is 5.75 Å². The van der Waals surface area contributed by atoms with Crippen LogP contribution in [0.4, 0.5) is 20.2 Å². The van der Waals surface area contributed by atoms with Gasteiger partial charge in [-0.2, -0.15) is 0 Å². The number of phenolic OH excluding ortho intramolecular Hbond substituents is 1. The lowest BCUT2D eigenvalue weighted by Crippen LogP contribution is -2.13. The number of hydrogen-bond donors (Lipinski definition) is 2. The zero-order chi connectivity index (χ0) is 15.6. The van der Waals surface area contributed by atoms with Crippen LogP contribution in [0.25, 0.3) is 0 Å². The molecule has 6 nitrogen and oxygen atoms in total. The predicted molar refractivity (Wildman–Crippen MR) is 69.1 cm³/mol. The van der Waals surface area contributed by atoms with Crippen molar-refractivity contribution in [3.05, 3.63) is 63.7 Å². The molecule has 0 aliphatic rings. The van der Waals surface area contributed by atoms with Gasteiger partial charge >= 0.3 is 5.69 Å². The number of halogens is 2. The third-order valence-electron chi connectivity index (χ3n) is 2.64. The number of carbonyl (C=O) groups is 1. The van der Waals surface area contributed by atoms with Crippen molar-refractivity contribution in [1.29, 1.82) is 0 Å². The summed E-state index contributed by atoms with van der Waals surface area (Å²) in [5, 5.41) is 22.4. The van der Waals surface area contributed by atoms with E-state index >= 15 is 0 Å². The third kappa shape index (κ3) is 2.94. The van der Waals surface area contributed by atoms with E-state index in [0.717, 1.165) is 24.3 Å². The number of para-hydroxylation sites is 1. The summed E-state index contributed by atoms with van der Waals surface area (Å²) in [4.78, 5) is 21.7. The molecule has 1 amide bonds. The van der Waals surface area contributed by atoms with Crippen LogP contribution >= 0.6 is 0 Å². The first-order chi connectivity index (χ1) is 9.90. The number of hydrogen-bond acceptors (Lipinski definition) is 4. The van der Waals surface area contributed by atoms with Crippen molar-refractivity contribution in [3.8, 4) is 5.75 Å². The summed E-state index contributed by atoms with van der Waals surface area (Å²) in [6, 6.07) is 5.86. The molecule has 8 heteroatoms. The van der Waals surface area contributed by atoms with E-state index in [1.54, 1.807) is 0 Å². The normalized spacial score (nSPS) is 10.2. The Balaban J connectivity index is 2.33. The summed E-state index contributed by atoms with van der Waals surface area (Å²) >= 11 is 0. The Labute approximate surface area is 116 Å². The second-order valence-corrected chi connectivity index (χ2v) is 4.01. The SMILES string of the molecule is O=C(Nc1ccc(F)cc1F)c1cccc([N+](=O)[O-])c1O. The Kier molecular flexibility index (Phi) is 3.79. The molecule has 0 spiro atoms. The zero-order valence-electron chi connectivity index (χ0n) is 10.3. The summed E-state index contributed by atoms with van der Waals surface area (Å²) in [5.74, 6) is -3.61. The van der Waals surface area contributed by atoms with Crippen LogP contribution in [-0.4, -0.2) is 15.9 Å². The molecular formula is C13H8F2N2O4. The Morgan fingerprint density at radius 3 is 2.57 bits per heavy atom. The molecule has 0 aliphatic carbocycles. The van der Waals surface area contributed by atoms with Crippen molar-refractivity contribution < 1.29 is 23.6 Å². The lowest BCUT2D eigenvalue weighted by atomic mass is 10.1. The first-order valence-corrected chi connectivity index (χ1v) is 5.63. The van der Waals surface area contributed by atoms with Crippen molar-refractivity contribution in [2.24, 2.45) is 0 Å². The van der Waals surface area contributed by atoms with Gasteiger partial charge in [-0.1, -0.05) is 6.07 Å². The van der Waals surface area contributed by atoms with E-state index in [4.69, 9.17) is 0 Å². The molecule has 108 valence electrons. The minimum atomic E-state index is -1.01. The molecule has 0 saturated carbocycles. The highest BCUT2D eigenvalue weighted by Crippen LogP contribution is 2.30. The maximum absolute atomic E-state index is 13.4. The minimum absolute atomic E-state index is 0.313. The van der Waals surface area contributed by atoms with E-state index in [2.05, 4.69) is 5.32 Å². The number of amides is 1. The molecule has 2 rings (SSSR count). The topological polar surface area (TPSA) is 92.5 Å². The van der Waals surface area contributed by atoms with E-state index < -0.39 is 39.5 Å². The van der Waals surface area contributed by atoms with Crippen LogP contribution < -0.4 is 5.32 Å². The van der Waals surface area contributed by atoms with E-state index in [-0.39, 0.29) is 5.69 Å². The highest BCUT2D eigenvalue weighted by atomic mass is 19.1. The molecule has 0 radical (unpaired) electrons. The maximum Gasteiger partial charge on any atom is 0.311 e. The molecule has 0 aromatic heterocycles. The number of aromatic hydroxyl groups is 1. The molecular weight excluding hydrogens is 286 g/mol. The quantitative estimate of drug-likeness (QED) is 0.672. The molecule has 0 unspecified atom stereocenters. The van der Waals surface area contributed by atoms with Crippen molar-refractivity contribution >= 4 is 17.3 Å². The molecule has 0 bridgehead atoms. The standard InChI is InChI=1S/C13H8F2N2O4/c14-7-4-5-10(9(15)6-7)16-13(19)8-2-1-3-11(12(8)18)17(20)21/h1-6,18H,(H,16,19). The fourth-order valence-electron chi connectivity index (χ4n) is 1.64. The molecule has 0 fully saturated rings. The summed E-state index contributed by atoms with van der Waals surface area (Å²) in [7, 11) is 0. The van der Waals surface area contributed by atoms with Gasteiger partial charge in [-0.05, 0) is 18.2 Å². The second kappa shape index (κ2) is 5.53. The van der Waals surface area contributed by atoms with Gasteiger partial charge in [0.05, 0.1) is 16.2 Å². The van der Waals surface area contributed by atoms with Gasteiger partial charge in [0.1, 0.15) is 11.6 Å². The van der Waals surface area contributed by atoms with Gasteiger partial charge < -0.3 is 10.4 Å². The Morgan fingerprint density at radius 2 is 1.95 bits per heavy atom. The zero-order valence-corrected chi connectivity index (χ0v) is 10.3. The minimum Gasteiger partial charge on any atom is -0.502 e. The summed E-state index contributed by atoms with van der Waals surface area (Å²) in [6.45, 7) is 0. The number of benzene rings is 2. The molecule has 21 heavy (non-hydrogen) atoms. The average Bonchev–Trinajstić information content (AvgIpc) is 2.41. The van der Waals surface area contributed by atoms with Crippen molar-refractivity contribution in [2.75, 3.05) is 5.32 Å². The van der Waals surface area contributed by atoms with Crippen LogP contribution in [0.1, 0.15) is 10.4 Å². The number of carbonyl (C=O) groups excluding carboxylic acids is 1. The van der Waals surface area contributed by atoms with Crippen LogP contribution in [0.15, 0.2) is 36.4 Å². The number of anilines is 1. The lowest BCUT2D eigenvalue weighted by Gasteiger charge is -2.07. The van der Waals surface area contributed by atoms with Crippen molar-refractivity contribution in [1.82, 2.24) is 0 Å². The van der Waals surface area contributed by atoms with E-state index in [9.17, 15) is 28.8 Å². The highest BCUT2D eigenvalue weighted by molar-refractivity contribution is 6.06. The van der Waals surface area contributed by atoms with Gasteiger partial charge in [0.15, 0.2) is 0 Å². The summed E-state index contributed by atoms with van der Waals surface area (Å²) < 4.78 is 26.2. The van der Waals surface area contributed by atoms with Gasteiger partial charge in [0.2, 0.25) is 5.75 Å². The molecule has 0 heterocycles. The van der Waals surface area contributed by atoms with Crippen LogP contribution in [0.2, 0.25) is 0 Å². The molecule has 0 atom stereocenters. The van der Waals surface area contributed by atoms with Crippen molar-refractivity contribution in [2.45, 2.75) is 0 Å². The first-order valence-electron chi connectivity index (χ1n) is 5.63. The van der Waals surface area contributed by atoms with Crippen molar-refractivity contribution in [3.63, 3.8) is 0 Å². The maximum atomic E-state index is 13.4. The molecule has 2 aromatic carbocycles. The fourth-order valence-corrected chi connectivity index (χ4v) is 1.64. The third-order valence-corrected chi connectivity index (χ3v) is 2.64. The second-order valence-electron chi connectivity index (χ2n) is 4.01. The summed E-state index contributed by atoms with van der Waals surface area (Å²) in [6.07, 6.45) is 0. The van der Waals surface area contributed by atoms with Gasteiger partial charge in [0, 0.05) is 12.1 Å². The number of nitrogens with zero attached hydrogens (tertiary/aromatic N) is 1. The number of rotatable bonds is 3.